The second-order valence-corrected chi connectivity index (χ2v) is 6.47. The van der Waals surface area contributed by atoms with Crippen LogP contribution >= 0.6 is 11.3 Å². The lowest BCUT2D eigenvalue weighted by Crippen LogP contribution is -2.35. The van der Waals surface area contributed by atoms with Crippen LogP contribution in [0.25, 0.3) is 10.2 Å². The van der Waals surface area contributed by atoms with Crippen LogP contribution in [0.4, 0.5) is 5.69 Å². The van der Waals surface area contributed by atoms with E-state index in [0.717, 1.165) is 35.2 Å². The number of ether oxygens (including phenoxy) is 1. The molecule has 0 fully saturated rings. The van der Waals surface area contributed by atoms with E-state index in [9.17, 15) is 4.79 Å². The van der Waals surface area contributed by atoms with Crippen molar-refractivity contribution in [3.8, 4) is 0 Å². The minimum absolute atomic E-state index is 0.0509. The molecule has 3 rings (SSSR count). The largest absolute Gasteiger partial charge is 0.397 e. The predicted octanol–water partition coefficient (Wildman–Crippen LogP) is 2.13. The molecule has 0 spiro atoms. The summed E-state index contributed by atoms with van der Waals surface area (Å²) in [7, 11) is 1.61. The third kappa shape index (κ3) is 2.61. The Kier molecular flexibility index (Phi) is 3.82. The number of methoxy groups -OCH3 is 1. The van der Waals surface area contributed by atoms with Crippen molar-refractivity contribution in [1.82, 2.24) is 10.3 Å². The first-order valence-corrected chi connectivity index (χ1v) is 7.92. The van der Waals surface area contributed by atoms with Crippen LogP contribution < -0.4 is 11.1 Å². The molecule has 2 aromatic rings. The first kappa shape index (κ1) is 14.3. The van der Waals surface area contributed by atoms with Crippen LogP contribution in [0.15, 0.2) is 6.07 Å². The summed E-state index contributed by atoms with van der Waals surface area (Å²) in [5.74, 6) is -0.153. The van der Waals surface area contributed by atoms with Gasteiger partial charge in [-0.3, -0.25) is 4.79 Å². The zero-order valence-corrected chi connectivity index (χ0v) is 13.0. The molecule has 0 aliphatic heterocycles. The van der Waals surface area contributed by atoms with E-state index < -0.39 is 0 Å². The molecule has 1 amide bonds. The van der Waals surface area contributed by atoms with Crippen LogP contribution in [0.3, 0.4) is 0 Å². The summed E-state index contributed by atoms with van der Waals surface area (Å²) in [6, 6.07) is 2.05. The molecule has 1 unspecified atom stereocenters. The predicted molar refractivity (Wildman–Crippen MR) is 84.9 cm³/mol. The van der Waals surface area contributed by atoms with E-state index in [1.165, 1.54) is 16.9 Å². The highest BCUT2D eigenvalue weighted by atomic mass is 32.1. The fraction of sp³-hybridized carbons (Fsp3) is 0.467. The molecule has 21 heavy (non-hydrogen) atoms. The molecule has 1 aliphatic rings. The molecule has 2 aromatic heterocycles. The Balaban J connectivity index is 1.93. The maximum Gasteiger partial charge on any atom is 0.263 e. The van der Waals surface area contributed by atoms with Crippen LogP contribution in [0.5, 0.6) is 0 Å². The van der Waals surface area contributed by atoms with Gasteiger partial charge in [0.15, 0.2) is 0 Å². The van der Waals surface area contributed by atoms with Crippen molar-refractivity contribution in [3.63, 3.8) is 0 Å². The molecule has 1 atom stereocenters. The zero-order valence-electron chi connectivity index (χ0n) is 12.2. The number of rotatable bonds is 4. The summed E-state index contributed by atoms with van der Waals surface area (Å²) < 4.78 is 5.03. The van der Waals surface area contributed by atoms with Crippen molar-refractivity contribution in [3.05, 3.63) is 22.2 Å². The normalized spacial score (nSPS) is 15.1. The molecule has 0 bridgehead atoms. The molecule has 3 N–H and O–H groups in total. The summed E-state index contributed by atoms with van der Waals surface area (Å²) in [6.45, 7) is 2.38. The summed E-state index contributed by atoms with van der Waals surface area (Å²) in [4.78, 5) is 18.4. The molecular formula is C15H19N3O2S. The van der Waals surface area contributed by atoms with E-state index in [2.05, 4.69) is 16.4 Å². The van der Waals surface area contributed by atoms with E-state index in [0.29, 0.717) is 17.2 Å². The molecule has 1 aliphatic carbocycles. The SMILES string of the molecule is COCC(C)NC(=O)c1sc2nc3c(cc2c1N)CCC3. The number of fused-ring (bicyclic) bond motifs is 2. The van der Waals surface area contributed by atoms with Crippen LogP contribution in [0, 0.1) is 0 Å². The lowest BCUT2D eigenvalue weighted by molar-refractivity contribution is 0.0910. The van der Waals surface area contributed by atoms with E-state index in [-0.39, 0.29) is 11.9 Å². The number of hydrogen-bond acceptors (Lipinski definition) is 5. The number of carbonyl (C=O) groups is 1. The number of nitrogens with two attached hydrogens (primary N) is 1. The Hall–Kier alpha value is -1.66. The molecule has 0 radical (unpaired) electrons. The van der Waals surface area contributed by atoms with E-state index >= 15 is 0 Å². The lowest BCUT2D eigenvalue weighted by atomic mass is 10.1. The van der Waals surface area contributed by atoms with Gasteiger partial charge in [-0.2, -0.15) is 0 Å². The Morgan fingerprint density at radius 2 is 2.38 bits per heavy atom. The van der Waals surface area contributed by atoms with Crippen molar-refractivity contribution in [2.75, 3.05) is 19.5 Å². The maximum atomic E-state index is 12.3. The average molecular weight is 305 g/mol. The standard InChI is InChI=1S/C15H19N3O2S/c1-8(7-20-2)17-14(19)13-12(16)10-6-9-4-3-5-11(9)18-15(10)21-13/h6,8H,3-5,7,16H2,1-2H3,(H,17,19). The van der Waals surface area contributed by atoms with Crippen molar-refractivity contribution in [2.24, 2.45) is 0 Å². The topological polar surface area (TPSA) is 77.2 Å². The number of aromatic nitrogens is 1. The summed E-state index contributed by atoms with van der Waals surface area (Å²) in [6.07, 6.45) is 3.23. The van der Waals surface area contributed by atoms with Gasteiger partial charge in [-0.05, 0) is 37.8 Å². The highest BCUT2D eigenvalue weighted by molar-refractivity contribution is 7.21. The highest BCUT2D eigenvalue weighted by Gasteiger charge is 2.21. The van der Waals surface area contributed by atoms with Crippen LogP contribution in [-0.2, 0) is 17.6 Å². The summed E-state index contributed by atoms with van der Waals surface area (Å²) in [5.41, 5.74) is 9.13. The van der Waals surface area contributed by atoms with Crippen molar-refractivity contribution < 1.29 is 9.53 Å². The number of hydrogen-bond donors (Lipinski definition) is 2. The van der Waals surface area contributed by atoms with E-state index in [1.807, 2.05) is 6.92 Å². The number of carbonyl (C=O) groups excluding carboxylic acids is 1. The number of amides is 1. The number of aryl methyl sites for hydroxylation is 2. The second kappa shape index (κ2) is 5.61. The minimum atomic E-state index is -0.153. The Morgan fingerprint density at radius 3 is 3.14 bits per heavy atom. The molecule has 5 nitrogen and oxygen atoms in total. The molecule has 6 heteroatoms. The summed E-state index contributed by atoms with van der Waals surface area (Å²) >= 11 is 1.37. The fourth-order valence-electron chi connectivity index (χ4n) is 2.75. The Labute approximate surface area is 127 Å². The molecule has 2 heterocycles. The van der Waals surface area contributed by atoms with E-state index in [1.54, 1.807) is 7.11 Å². The second-order valence-electron chi connectivity index (χ2n) is 5.48. The number of anilines is 1. The molecule has 0 aromatic carbocycles. The number of nitrogens with one attached hydrogen (secondary N) is 1. The van der Waals surface area contributed by atoms with Gasteiger partial charge in [-0.1, -0.05) is 0 Å². The van der Waals surface area contributed by atoms with E-state index in [4.69, 9.17) is 10.5 Å². The number of nitrogens with zero attached hydrogens (tertiary/aromatic N) is 1. The van der Waals surface area contributed by atoms with Gasteiger partial charge in [0.05, 0.1) is 12.3 Å². The van der Waals surface area contributed by atoms with Gasteiger partial charge in [0, 0.05) is 24.2 Å². The quantitative estimate of drug-likeness (QED) is 0.907. The van der Waals surface area contributed by atoms with Crippen LogP contribution in [0.2, 0.25) is 0 Å². The fourth-order valence-corrected chi connectivity index (χ4v) is 3.75. The zero-order chi connectivity index (χ0) is 15.0. The molecule has 0 saturated carbocycles. The van der Waals surface area contributed by atoms with Gasteiger partial charge < -0.3 is 15.8 Å². The molecular weight excluding hydrogens is 286 g/mol. The van der Waals surface area contributed by atoms with Crippen molar-refractivity contribution in [1.29, 1.82) is 0 Å². The lowest BCUT2D eigenvalue weighted by Gasteiger charge is -2.11. The van der Waals surface area contributed by atoms with Gasteiger partial charge in [0.25, 0.3) is 5.91 Å². The number of nitrogen functional groups attached to an aromatic ring is 1. The van der Waals surface area contributed by atoms with Crippen molar-refractivity contribution >= 4 is 33.1 Å². The van der Waals surface area contributed by atoms with Crippen molar-refractivity contribution in [2.45, 2.75) is 32.2 Å². The number of thiophene rings is 1. The Bertz CT molecular complexity index is 696. The first-order chi connectivity index (χ1) is 10.1. The maximum absolute atomic E-state index is 12.3. The van der Waals surface area contributed by atoms with Crippen LogP contribution in [-0.4, -0.2) is 30.6 Å². The first-order valence-electron chi connectivity index (χ1n) is 7.10. The Morgan fingerprint density at radius 1 is 1.57 bits per heavy atom. The van der Waals surface area contributed by atoms with Gasteiger partial charge in [-0.15, -0.1) is 11.3 Å². The minimum Gasteiger partial charge on any atom is -0.397 e. The van der Waals surface area contributed by atoms with Gasteiger partial charge in [0.1, 0.15) is 9.71 Å². The monoisotopic (exact) mass is 305 g/mol. The van der Waals surface area contributed by atoms with Crippen LogP contribution in [0.1, 0.15) is 34.3 Å². The third-order valence-electron chi connectivity index (χ3n) is 3.75. The van der Waals surface area contributed by atoms with Gasteiger partial charge in [0.2, 0.25) is 0 Å². The molecule has 0 saturated heterocycles. The third-order valence-corrected chi connectivity index (χ3v) is 4.86. The average Bonchev–Trinajstić information content (AvgIpc) is 3.01. The molecule has 112 valence electrons. The smallest absolute Gasteiger partial charge is 0.263 e. The summed E-state index contributed by atoms with van der Waals surface area (Å²) in [5, 5.41) is 3.80. The van der Waals surface area contributed by atoms with Gasteiger partial charge in [-0.25, -0.2) is 4.98 Å². The van der Waals surface area contributed by atoms with Gasteiger partial charge >= 0.3 is 0 Å². The number of pyridine rings is 1. The highest BCUT2D eigenvalue weighted by Crippen LogP contribution is 2.35.